The molecular weight excluding hydrogens is 510 g/mol. The highest BCUT2D eigenvalue weighted by Crippen LogP contribution is 2.39. The summed E-state index contributed by atoms with van der Waals surface area (Å²) in [7, 11) is 0. The van der Waals surface area contributed by atoms with Crippen molar-refractivity contribution in [2.75, 3.05) is 11.9 Å². The molecule has 3 aromatic carbocycles. The van der Waals surface area contributed by atoms with Gasteiger partial charge >= 0.3 is 6.03 Å². The van der Waals surface area contributed by atoms with Gasteiger partial charge in [-0.25, -0.2) is 9.48 Å². The third kappa shape index (κ3) is 4.66. The number of amides is 2. The fourth-order valence-electron chi connectivity index (χ4n) is 5.17. The highest BCUT2D eigenvalue weighted by Gasteiger charge is 2.36. The summed E-state index contributed by atoms with van der Waals surface area (Å²) in [5.41, 5.74) is 5.33. The summed E-state index contributed by atoms with van der Waals surface area (Å²) >= 11 is 6.45. The molecule has 1 unspecified atom stereocenters. The van der Waals surface area contributed by atoms with E-state index in [2.05, 4.69) is 16.0 Å². The number of carbonyl (C=O) groups excluding carboxylic acids is 1. The van der Waals surface area contributed by atoms with E-state index in [9.17, 15) is 4.79 Å². The summed E-state index contributed by atoms with van der Waals surface area (Å²) in [6.45, 7) is 4.87. The van der Waals surface area contributed by atoms with Gasteiger partial charge in [-0.15, -0.1) is 0 Å². The molecule has 5 aromatic rings. The predicted octanol–water partition coefficient (Wildman–Crippen LogP) is 7.16. The van der Waals surface area contributed by atoms with E-state index in [1.807, 2.05) is 115 Å². The van der Waals surface area contributed by atoms with Crippen LogP contribution in [0.4, 0.5) is 10.5 Å². The first-order valence-corrected chi connectivity index (χ1v) is 13.3. The molecule has 0 saturated heterocycles. The van der Waals surface area contributed by atoms with Crippen LogP contribution in [0.5, 0.6) is 5.75 Å². The Labute approximate surface area is 232 Å². The molecule has 0 fully saturated rings. The van der Waals surface area contributed by atoms with Crippen LogP contribution in [0.1, 0.15) is 35.5 Å². The maximum atomic E-state index is 14.0. The van der Waals surface area contributed by atoms with Crippen LogP contribution < -0.4 is 10.1 Å². The molecule has 2 aromatic heterocycles. The number of halogens is 1. The number of benzene rings is 3. The van der Waals surface area contributed by atoms with Gasteiger partial charge in [0.2, 0.25) is 0 Å². The van der Waals surface area contributed by atoms with Crippen molar-refractivity contribution in [2.45, 2.75) is 26.4 Å². The van der Waals surface area contributed by atoms with Crippen LogP contribution in [0.15, 0.2) is 97.2 Å². The molecule has 0 bridgehead atoms. The summed E-state index contributed by atoms with van der Waals surface area (Å²) in [6.07, 6.45) is 2.03. The third-order valence-electron chi connectivity index (χ3n) is 6.93. The number of hydrogen-bond donors (Lipinski definition) is 1. The van der Waals surface area contributed by atoms with Gasteiger partial charge < -0.3 is 19.5 Å². The van der Waals surface area contributed by atoms with E-state index >= 15 is 0 Å². The summed E-state index contributed by atoms with van der Waals surface area (Å²) in [4.78, 5) is 15.9. The quantitative estimate of drug-likeness (QED) is 0.259. The van der Waals surface area contributed by atoms with Crippen molar-refractivity contribution in [3.63, 3.8) is 0 Å². The average Bonchev–Trinajstić information content (AvgIpc) is 3.50. The lowest BCUT2D eigenvalue weighted by Crippen LogP contribution is -2.38. The number of anilines is 1. The van der Waals surface area contributed by atoms with Crippen molar-refractivity contribution in [3.05, 3.63) is 125 Å². The molecule has 1 aliphatic heterocycles. The van der Waals surface area contributed by atoms with Gasteiger partial charge in [-0.2, -0.15) is 5.10 Å². The van der Waals surface area contributed by atoms with E-state index in [0.717, 1.165) is 39.8 Å². The van der Waals surface area contributed by atoms with Crippen LogP contribution >= 0.6 is 11.6 Å². The first kappa shape index (κ1) is 24.8. The molecule has 1 N–H and O–H groups in total. The van der Waals surface area contributed by atoms with Crippen molar-refractivity contribution < 1.29 is 9.53 Å². The van der Waals surface area contributed by atoms with E-state index < -0.39 is 6.04 Å². The Hall–Kier alpha value is -4.49. The second-order valence-corrected chi connectivity index (χ2v) is 9.85. The molecule has 2 amide bonds. The minimum absolute atomic E-state index is 0.225. The smallest absolute Gasteiger partial charge is 0.322 e. The molecule has 6 rings (SSSR count). The van der Waals surface area contributed by atoms with Gasteiger partial charge in [-0.3, -0.25) is 0 Å². The lowest BCUT2D eigenvalue weighted by molar-refractivity contribution is 0.194. The first-order chi connectivity index (χ1) is 19.0. The van der Waals surface area contributed by atoms with Gasteiger partial charge in [0.25, 0.3) is 0 Å². The number of nitrogens with one attached hydrogen (secondary N) is 1. The Morgan fingerprint density at radius 1 is 1.03 bits per heavy atom. The molecule has 3 heterocycles. The van der Waals surface area contributed by atoms with Crippen LogP contribution in [-0.4, -0.2) is 31.9 Å². The van der Waals surface area contributed by atoms with Crippen molar-refractivity contribution in [1.82, 2.24) is 19.2 Å². The van der Waals surface area contributed by atoms with E-state index in [1.165, 1.54) is 0 Å². The zero-order valence-corrected chi connectivity index (χ0v) is 22.5. The van der Waals surface area contributed by atoms with E-state index in [1.54, 1.807) is 0 Å². The van der Waals surface area contributed by atoms with Gasteiger partial charge in [0.15, 0.2) is 0 Å². The zero-order valence-electron chi connectivity index (χ0n) is 21.7. The van der Waals surface area contributed by atoms with Crippen LogP contribution in [0.25, 0.3) is 11.5 Å². The minimum atomic E-state index is -0.391. The molecule has 0 aliphatic carbocycles. The number of para-hydroxylation sites is 1. The normalized spacial score (nSPS) is 14.3. The van der Waals surface area contributed by atoms with Gasteiger partial charge in [0, 0.05) is 22.5 Å². The molecule has 1 aliphatic rings. The molecule has 1 atom stereocenters. The number of carbonyl (C=O) groups is 1. The van der Waals surface area contributed by atoms with Crippen LogP contribution in [0.2, 0.25) is 5.02 Å². The van der Waals surface area contributed by atoms with Gasteiger partial charge in [-0.1, -0.05) is 41.9 Å². The molecule has 39 heavy (non-hydrogen) atoms. The van der Waals surface area contributed by atoms with Crippen LogP contribution in [0.3, 0.4) is 0 Å². The van der Waals surface area contributed by atoms with Gasteiger partial charge in [0.1, 0.15) is 11.6 Å². The minimum Gasteiger partial charge on any atom is -0.494 e. The highest BCUT2D eigenvalue weighted by molar-refractivity contribution is 6.30. The molecule has 0 saturated carbocycles. The number of nitrogens with zero attached hydrogens (tertiary/aromatic N) is 4. The molecular formula is C31H28ClN5O2. The Balaban J connectivity index is 1.48. The largest absolute Gasteiger partial charge is 0.494 e. The van der Waals surface area contributed by atoms with Gasteiger partial charge in [-0.05, 0) is 80.1 Å². The molecule has 0 radical (unpaired) electrons. The summed E-state index contributed by atoms with van der Waals surface area (Å²) in [6, 6.07) is 28.6. The summed E-state index contributed by atoms with van der Waals surface area (Å²) in [5, 5.41) is 8.62. The average molecular weight is 538 g/mol. The Morgan fingerprint density at radius 3 is 2.56 bits per heavy atom. The second-order valence-electron chi connectivity index (χ2n) is 9.41. The van der Waals surface area contributed by atoms with E-state index in [-0.39, 0.29) is 6.03 Å². The van der Waals surface area contributed by atoms with Crippen molar-refractivity contribution in [1.29, 1.82) is 0 Å². The molecule has 8 heteroatoms. The number of aromatic nitrogens is 3. The van der Waals surface area contributed by atoms with Crippen molar-refractivity contribution in [2.24, 2.45) is 0 Å². The Morgan fingerprint density at radius 2 is 1.82 bits per heavy atom. The predicted molar refractivity (Wildman–Crippen MR) is 153 cm³/mol. The van der Waals surface area contributed by atoms with Crippen molar-refractivity contribution >= 4 is 23.3 Å². The fourth-order valence-corrected chi connectivity index (χ4v) is 5.37. The lowest BCUT2D eigenvalue weighted by atomic mass is 10.0. The standard InChI is InChI=1S/C31H28ClN5O2/c1-3-39-26-16-14-24(15-17-26)33-31(38)36-20-27-21(2)34-37(25-11-5-4-6-12-25)30(27)35-18-8-13-28(35)29(36)22-9-7-10-23(32)19-22/h4-19,29H,3,20H2,1-2H3,(H,33,38). The number of hydrogen-bond acceptors (Lipinski definition) is 3. The first-order valence-electron chi connectivity index (χ1n) is 12.9. The summed E-state index contributed by atoms with van der Waals surface area (Å²) < 4.78 is 9.65. The number of rotatable bonds is 5. The summed E-state index contributed by atoms with van der Waals surface area (Å²) in [5.74, 6) is 1.68. The molecule has 196 valence electrons. The monoisotopic (exact) mass is 537 g/mol. The van der Waals surface area contributed by atoms with Crippen LogP contribution in [0, 0.1) is 6.92 Å². The fraction of sp³-hybridized carbons (Fsp3) is 0.161. The number of urea groups is 1. The highest BCUT2D eigenvalue weighted by atomic mass is 35.5. The zero-order chi connectivity index (χ0) is 26.9. The van der Waals surface area contributed by atoms with Crippen molar-refractivity contribution in [3.8, 4) is 17.3 Å². The number of aryl methyl sites for hydroxylation is 1. The maximum Gasteiger partial charge on any atom is 0.322 e. The van der Waals surface area contributed by atoms with Gasteiger partial charge in [0.05, 0.1) is 36.3 Å². The number of fused-ring (bicyclic) bond motifs is 3. The lowest BCUT2D eigenvalue weighted by Gasteiger charge is -2.31. The number of ether oxygens (including phenoxy) is 1. The second kappa shape index (κ2) is 10.3. The molecule has 0 spiro atoms. The van der Waals surface area contributed by atoms with Crippen LogP contribution in [-0.2, 0) is 6.54 Å². The van der Waals surface area contributed by atoms with E-state index in [0.29, 0.717) is 23.9 Å². The maximum absolute atomic E-state index is 14.0. The van der Waals surface area contributed by atoms with E-state index in [4.69, 9.17) is 21.4 Å². The Bertz CT molecular complexity index is 1620. The SMILES string of the molecule is CCOc1ccc(NC(=O)N2Cc3c(C)nn(-c4ccccc4)c3-n3cccc3C2c2cccc(Cl)c2)cc1. The molecule has 7 nitrogen and oxygen atoms in total. The Kier molecular flexibility index (Phi) is 6.59. The topological polar surface area (TPSA) is 64.3 Å². The third-order valence-corrected chi connectivity index (χ3v) is 7.16.